The lowest BCUT2D eigenvalue weighted by molar-refractivity contribution is -0.150. The highest BCUT2D eigenvalue weighted by Gasteiger charge is 2.33. The number of carboxylic acid groups (broad SMARTS) is 2. The smallest absolute Gasteiger partial charge is 0.309 e. The number of rotatable bonds is 11. The van der Waals surface area contributed by atoms with Crippen molar-refractivity contribution in [1.29, 1.82) is 0 Å². The predicted molar refractivity (Wildman–Crippen MR) is 75.2 cm³/mol. The molecule has 19 heavy (non-hydrogen) atoms. The van der Waals surface area contributed by atoms with Gasteiger partial charge >= 0.3 is 11.9 Å². The molecule has 2 unspecified atom stereocenters. The molecule has 0 saturated heterocycles. The molecule has 0 aliphatic heterocycles. The van der Waals surface area contributed by atoms with E-state index >= 15 is 0 Å². The Morgan fingerprint density at radius 2 is 1.68 bits per heavy atom. The lowest BCUT2D eigenvalue weighted by Crippen LogP contribution is -2.29. The van der Waals surface area contributed by atoms with Gasteiger partial charge < -0.3 is 10.2 Å². The van der Waals surface area contributed by atoms with Crippen LogP contribution in [-0.4, -0.2) is 22.2 Å². The van der Waals surface area contributed by atoms with E-state index in [2.05, 4.69) is 6.92 Å². The molecule has 4 nitrogen and oxygen atoms in total. The Balaban J connectivity index is 4.37. The fourth-order valence-corrected chi connectivity index (χ4v) is 2.28. The summed E-state index contributed by atoms with van der Waals surface area (Å²) < 4.78 is 0. The van der Waals surface area contributed by atoms with Crippen LogP contribution in [-0.2, 0) is 9.59 Å². The lowest BCUT2D eigenvalue weighted by Gasteiger charge is -2.26. The van der Waals surface area contributed by atoms with E-state index in [1.807, 2.05) is 6.92 Å². The van der Waals surface area contributed by atoms with Crippen molar-refractivity contribution in [3.8, 4) is 0 Å². The van der Waals surface area contributed by atoms with E-state index in [0.717, 1.165) is 25.7 Å². The van der Waals surface area contributed by atoms with Gasteiger partial charge in [-0.2, -0.15) is 0 Å². The second-order valence-electron chi connectivity index (χ2n) is 5.66. The van der Waals surface area contributed by atoms with Crippen LogP contribution in [0.25, 0.3) is 0 Å². The largest absolute Gasteiger partial charge is 0.481 e. The monoisotopic (exact) mass is 272 g/mol. The zero-order valence-electron chi connectivity index (χ0n) is 12.4. The second kappa shape index (κ2) is 8.94. The fraction of sp³-hybridized carbons (Fsp3) is 0.867. The summed E-state index contributed by atoms with van der Waals surface area (Å²) in [6.07, 6.45) is 6.29. The van der Waals surface area contributed by atoms with Crippen LogP contribution in [0.1, 0.15) is 72.1 Å². The first-order valence-corrected chi connectivity index (χ1v) is 7.33. The van der Waals surface area contributed by atoms with Crippen LogP contribution in [0.2, 0.25) is 0 Å². The van der Waals surface area contributed by atoms with Gasteiger partial charge in [0.1, 0.15) is 0 Å². The van der Waals surface area contributed by atoms with Gasteiger partial charge in [-0.3, -0.25) is 9.59 Å². The first kappa shape index (κ1) is 17.9. The number of hydrogen-bond donors (Lipinski definition) is 2. The van der Waals surface area contributed by atoms with E-state index in [0.29, 0.717) is 25.7 Å². The van der Waals surface area contributed by atoms with Crippen LogP contribution in [0.3, 0.4) is 0 Å². The molecule has 112 valence electrons. The summed E-state index contributed by atoms with van der Waals surface area (Å²) in [5.74, 6) is -2.04. The van der Waals surface area contributed by atoms with Crippen molar-refractivity contribution < 1.29 is 19.8 Å². The first-order valence-electron chi connectivity index (χ1n) is 7.33. The highest BCUT2D eigenvalue weighted by atomic mass is 16.4. The molecule has 0 heterocycles. The zero-order chi connectivity index (χ0) is 14.9. The summed E-state index contributed by atoms with van der Waals surface area (Å²) in [7, 11) is 0. The van der Waals surface area contributed by atoms with Crippen molar-refractivity contribution in [3.63, 3.8) is 0 Å². The van der Waals surface area contributed by atoms with E-state index in [-0.39, 0.29) is 0 Å². The minimum atomic E-state index is -0.818. The van der Waals surface area contributed by atoms with Gasteiger partial charge in [0.05, 0.1) is 11.3 Å². The first-order chi connectivity index (χ1) is 8.87. The fourth-order valence-electron chi connectivity index (χ4n) is 2.28. The van der Waals surface area contributed by atoms with Crippen molar-refractivity contribution >= 4 is 11.9 Å². The van der Waals surface area contributed by atoms with E-state index in [4.69, 9.17) is 5.11 Å². The van der Waals surface area contributed by atoms with Crippen molar-refractivity contribution in [1.82, 2.24) is 0 Å². The van der Waals surface area contributed by atoms with Gasteiger partial charge in [-0.15, -0.1) is 0 Å². The molecule has 0 aromatic rings. The molecule has 2 atom stereocenters. The third-order valence-corrected chi connectivity index (χ3v) is 3.99. The molecule has 0 bridgehead atoms. The Labute approximate surface area is 116 Å². The van der Waals surface area contributed by atoms with E-state index in [9.17, 15) is 14.7 Å². The topological polar surface area (TPSA) is 74.6 Å². The van der Waals surface area contributed by atoms with Gasteiger partial charge in [0.25, 0.3) is 0 Å². The molecular formula is C15H28O4. The van der Waals surface area contributed by atoms with Crippen LogP contribution >= 0.6 is 0 Å². The van der Waals surface area contributed by atoms with Gasteiger partial charge in [0, 0.05) is 0 Å². The van der Waals surface area contributed by atoms with Crippen molar-refractivity contribution in [2.24, 2.45) is 11.3 Å². The van der Waals surface area contributed by atoms with Crippen molar-refractivity contribution in [2.45, 2.75) is 72.1 Å². The number of aliphatic carboxylic acids is 2. The summed E-state index contributed by atoms with van der Waals surface area (Å²) >= 11 is 0. The molecule has 0 rings (SSSR count). The third kappa shape index (κ3) is 6.60. The van der Waals surface area contributed by atoms with Gasteiger partial charge in [0.15, 0.2) is 0 Å². The molecule has 0 amide bonds. The normalized spacial score (nSPS) is 15.7. The van der Waals surface area contributed by atoms with Crippen LogP contribution < -0.4 is 0 Å². The SMILES string of the molecule is CCCCCCC(C)(CCC(CC)C(=O)O)C(=O)O. The van der Waals surface area contributed by atoms with Gasteiger partial charge in [-0.1, -0.05) is 39.5 Å². The van der Waals surface area contributed by atoms with Crippen LogP contribution in [0.4, 0.5) is 0 Å². The Bertz CT molecular complexity index is 288. The van der Waals surface area contributed by atoms with Crippen molar-refractivity contribution in [2.75, 3.05) is 0 Å². The van der Waals surface area contributed by atoms with E-state index in [1.54, 1.807) is 6.92 Å². The molecule has 0 spiro atoms. The molecule has 4 heteroatoms. The van der Waals surface area contributed by atoms with Gasteiger partial charge in [-0.05, 0) is 32.6 Å². The van der Waals surface area contributed by atoms with Crippen molar-refractivity contribution in [3.05, 3.63) is 0 Å². The molecule has 0 radical (unpaired) electrons. The molecule has 0 aliphatic rings. The van der Waals surface area contributed by atoms with Crippen LogP contribution in [0.5, 0.6) is 0 Å². The minimum absolute atomic E-state index is 0.422. The predicted octanol–water partition coefficient (Wildman–Crippen LogP) is 3.94. The highest BCUT2D eigenvalue weighted by Crippen LogP contribution is 2.32. The molecular weight excluding hydrogens is 244 g/mol. The molecule has 0 aromatic heterocycles. The summed E-state index contributed by atoms with van der Waals surface area (Å²) in [5.41, 5.74) is -0.781. The zero-order valence-corrected chi connectivity index (χ0v) is 12.4. The maximum atomic E-state index is 11.4. The Kier molecular flexibility index (Phi) is 8.44. The van der Waals surface area contributed by atoms with Gasteiger partial charge in [-0.25, -0.2) is 0 Å². The molecule has 0 fully saturated rings. The third-order valence-electron chi connectivity index (χ3n) is 3.99. The van der Waals surface area contributed by atoms with Crippen LogP contribution in [0, 0.1) is 11.3 Å². The summed E-state index contributed by atoms with van der Waals surface area (Å²) in [6, 6.07) is 0. The quantitative estimate of drug-likeness (QED) is 0.559. The molecule has 2 N–H and O–H groups in total. The second-order valence-corrected chi connectivity index (χ2v) is 5.66. The average molecular weight is 272 g/mol. The molecule has 0 aliphatic carbocycles. The maximum Gasteiger partial charge on any atom is 0.309 e. The minimum Gasteiger partial charge on any atom is -0.481 e. The average Bonchev–Trinajstić information content (AvgIpc) is 2.35. The van der Waals surface area contributed by atoms with Gasteiger partial charge in [0.2, 0.25) is 0 Å². The number of unbranched alkanes of at least 4 members (excludes halogenated alkanes) is 3. The Morgan fingerprint density at radius 1 is 1.05 bits per heavy atom. The number of carbonyl (C=O) groups is 2. The number of carboxylic acids is 2. The molecule has 0 aromatic carbocycles. The summed E-state index contributed by atoms with van der Waals surface area (Å²) in [5, 5.41) is 18.4. The Morgan fingerprint density at radius 3 is 2.11 bits per heavy atom. The standard InChI is InChI=1S/C15H28O4/c1-4-6-7-8-10-15(3,14(18)19)11-9-12(5-2)13(16)17/h12H,4-11H2,1-3H3,(H,16,17)(H,18,19). The van der Waals surface area contributed by atoms with E-state index < -0.39 is 23.3 Å². The number of hydrogen-bond acceptors (Lipinski definition) is 2. The summed E-state index contributed by atoms with van der Waals surface area (Å²) in [4.78, 5) is 22.4. The molecule has 0 saturated carbocycles. The van der Waals surface area contributed by atoms with E-state index in [1.165, 1.54) is 0 Å². The maximum absolute atomic E-state index is 11.4. The lowest BCUT2D eigenvalue weighted by atomic mass is 9.78. The Hall–Kier alpha value is -1.06. The summed E-state index contributed by atoms with van der Waals surface area (Å²) in [6.45, 7) is 5.70. The highest BCUT2D eigenvalue weighted by molar-refractivity contribution is 5.74. The van der Waals surface area contributed by atoms with Crippen LogP contribution in [0.15, 0.2) is 0 Å².